The summed E-state index contributed by atoms with van der Waals surface area (Å²) in [5.41, 5.74) is 4.05. The monoisotopic (exact) mass is 257 g/mol. The first-order valence-corrected chi connectivity index (χ1v) is 7.28. The van der Waals surface area contributed by atoms with Crippen LogP contribution in [0.2, 0.25) is 0 Å². The summed E-state index contributed by atoms with van der Waals surface area (Å²) in [5, 5.41) is 3.52. The molecule has 0 aliphatic rings. The second kappa shape index (κ2) is 8.71. The first-order chi connectivity index (χ1) is 9.17. The van der Waals surface area contributed by atoms with E-state index in [9.17, 15) is 0 Å². The number of nitrogens with one attached hydrogen (secondary N) is 1. The third-order valence-corrected chi connectivity index (χ3v) is 3.37. The average molecular weight is 257 g/mol. The number of benzene rings is 1. The zero-order chi connectivity index (χ0) is 14.1. The van der Waals surface area contributed by atoms with Crippen molar-refractivity contribution in [1.82, 2.24) is 5.32 Å². The van der Waals surface area contributed by atoms with E-state index in [-0.39, 0.29) is 0 Å². The highest BCUT2D eigenvalue weighted by Gasteiger charge is 2.02. The SMILES string of the molecule is C/C=C(\C)c1ccc(C[C@@H](C)NCC=CCC)cc1. The first kappa shape index (κ1) is 15.7. The van der Waals surface area contributed by atoms with Gasteiger partial charge in [0.1, 0.15) is 0 Å². The fourth-order valence-corrected chi connectivity index (χ4v) is 2.02. The maximum atomic E-state index is 3.52. The van der Waals surface area contributed by atoms with Crippen LogP contribution in [0.4, 0.5) is 0 Å². The van der Waals surface area contributed by atoms with E-state index in [0.717, 1.165) is 19.4 Å². The lowest BCUT2D eigenvalue weighted by atomic mass is 10.0. The van der Waals surface area contributed by atoms with Gasteiger partial charge in [0.25, 0.3) is 0 Å². The third kappa shape index (κ3) is 5.89. The minimum atomic E-state index is 0.509. The molecule has 1 N–H and O–H groups in total. The minimum absolute atomic E-state index is 0.509. The van der Waals surface area contributed by atoms with Gasteiger partial charge in [-0.15, -0.1) is 0 Å². The van der Waals surface area contributed by atoms with Crippen molar-refractivity contribution < 1.29 is 0 Å². The standard InChI is InChI=1S/C18H27N/c1-5-7-8-13-19-16(4)14-17-9-11-18(12-10-17)15(3)6-2/h6-12,16,19H,5,13-14H2,1-4H3/b8-7?,15-6+/t16-/m1/s1. The van der Waals surface area contributed by atoms with Gasteiger partial charge in [0, 0.05) is 12.6 Å². The van der Waals surface area contributed by atoms with E-state index in [4.69, 9.17) is 0 Å². The quantitative estimate of drug-likeness (QED) is 0.704. The molecule has 0 spiro atoms. The van der Waals surface area contributed by atoms with E-state index in [1.807, 2.05) is 0 Å². The maximum absolute atomic E-state index is 3.52. The number of hydrogen-bond acceptors (Lipinski definition) is 1. The first-order valence-electron chi connectivity index (χ1n) is 7.28. The molecule has 104 valence electrons. The molecule has 0 aromatic heterocycles. The van der Waals surface area contributed by atoms with Crippen molar-refractivity contribution in [3.8, 4) is 0 Å². The van der Waals surface area contributed by atoms with Crippen LogP contribution in [0.25, 0.3) is 5.57 Å². The van der Waals surface area contributed by atoms with Crippen LogP contribution in [-0.2, 0) is 6.42 Å². The predicted molar refractivity (Wildman–Crippen MR) is 86.4 cm³/mol. The molecular formula is C18H27N. The third-order valence-electron chi connectivity index (χ3n) is 3.37. The summed E-state index contributed by atoms with van der Waals surface area (Å²) < 4.78 is 0. The molecule has 1 heteroatoms. The summed E-state index contributed by atoms with van der Waals surface area (Å²) >= 11 is 0. The van der Waals surface area contributed by atoms with E-state index in [0.29, 0.717) is 6.04 Å². The van der Waals surface area contributed by atoms with Gasteiger partial charge >= 0.3 is 0 Å². The van der Waals surface area contributed by atoms with Crippen LogP contribution in [0.1, 0.15) is 45.2 Å². The van der Waals surface area contributed by atoms with Crippen LogP contribution in [0, 0.1) is 0 Å². The lowest BCUT2D eigenvalue weighted by Gasteiger charge is -2.13. The summed E-state index contributed by atoms with van der Waals surface area (Å²) in [6, 6.07) is 9.42. The van der Waals surface area contributed by atoms with Crippen LogP contribution in [0.3, 0.4) is 0 Å². The molecule has 1 aromatic carbocycles. The second-order valence-corrected chi connectivity index (χ2v) is 5.06. The molecule has 0 heterocycles. The molecule has 1 nitrogen and oxygen atoms in total. The molecule has 0 unspecified atom stereocenters. The molecule has 0 aliphatic heterocycles. The normalized spacial score (nSPS) is 14.0. The van der Waals surface area contributed by atoms with E-state index >= 15 is 0 Å². The Morgan fingerprint density at radius 3 is 2.47 bits per heavy atom. The summed E-state index contributed by atoms with van der Waals surface area (Å²) in [7, 11) is 0. The fourth-order valence-electron chi connectivity index (χ4n) is 2.02. The van der Waals surface area contributed by atoms with Gasteiger partial charge in [-0.3, -0.25) is 0 Å². The topological polar surface area (TPSA) is 12.0 Å². The largest absolute Gasteiger partial charge is 0.310 e. The average Bonchev–Trinajstić information content (AvgIpc) is 2.43. The zero-order valence-corrected chi connectivity index (χ0v) is 12.7. The molecule has 0 saturated heterocycles. The molecule has 19 heavy (non-hydrogen) atoms. The highest BCUT2D eigenvalue weighted by Crippen LogP contribution is 2.15. The Kier molecular flexibility index (Phi) is 7.20. The highest BCUT2D eigenvalue weighted by atomic mass is 14.9. The Morgan fingerprint density at radius 2 is 1.89 bits per heavy atom. The number of allylic oxidation sites excluding steroid dienone is 3. The van der Waals surface area contributed by atoms with E-state index in [1.165, 1.54) is 16.7 Å². The number of hydrogen-bond donors (Lipinski definition) is 1. The highest BCUT2D eigenvalue weighted by molar-refractivity contribution is 5.63. The van der Waals surface area contributed by atoms with Crippen LogP contribution < -0.4 is 5.32 Å². The van der Waals surface area contributed by atoms with Gasteiger partial charge in [-0.25, -0.2) is 0 Å². The molecule has 0 saturated carbocycles. The Morgan fingerprint density at radius 1 is 1.21 bits per heavy atom. The van der Waals surface area contributed by atoms with Crippen LogP contribution in [-0.4, -0.2) is 12.6 Å². The van der Waals surface area contributed by atoms with E-state index in [1.54, 1.807) is 0 Å². The Bertz CT molecular complexity index is 412. The molecular weight excluding hydrogens is 230 g/mol. The minimum Gasteiger partial charge on any atom is -0.310 e. The van der Waals surface area contributed by atoms with Crippen LogP contribution in [0.15, 0.2) is 42.5 Å². The summed E-state index contributed by atoms with van der Waals surface area (Å²) in [6.45, 7) is 9.60. The lowest BCUT2D eigenvalue weighted by molar-refractivity contribution is 0.580. The van der Waals surface area contributed by atoms with Gasteiger partial charge in [0.15, 0.2) is 0 Å². The van der Waals surface area contributed by atoms with Gasteiger partial charge in [-0.05, 0) is 50.3 Å². The molecule has 0 amide bonds. The Balaban J connectivity index is 2.46. The van der Waals surface area contributed by atoms with E-state index in [2.05, 4.69) is 75.5 Å². The molecule has 1 atom stereocenters. The fraction of sp³-hybridized carbons (Fsp3) is 0.444. The summed E-state index contributed by atoms with van der Waals surface area (Å²) in [4.78, 5) is 0. The second-order valence-electron chi connectivity index (χ2n) is 5.06. The van der Waals surface area contributed by atoms with Crippen molar-refractivity contribution in [3.05, 3.63) is 53.6 Å². The predicted octanol–water partition coefficient (Wildman–Crippen LogP) is 4.60. The molecule has 1 aromatic rings. The lowest BCUT2D eigenvalue weighted by Crippen LogP contribution is -2.28. The van der Waals surface area contributed by atoms with Crippen molar-refractivity contribution in [2.45, 2.75) is 46.6 Å². The van der Waals surface area contributed by atoms with Crippen LogP contribution in [0.5, 0.6) is 0 Å². The van der Waals surface area contributed by atoms with Crippen LogP contribution >= 0.6 is 0 Å². The molecule has 0 fully saturated rings. The summed E-state index contributed by atoms with van der Waals surface area (Å²) in [6.07, 6.45) is 8.75. The smallest absolute Gasteiger partial charge is 0.0137 e. The van der Waals surface area contributed by atoms with Crippen molar-refractivity contribution in [1.29, 1.82) is 0 Å². The van der Waals surface area contributed by atoms with Gasteiger partial charge in [-0.1, -0.05) is 49.4 Å². The Hall–Kier alpha value is -1.34. The van der Waals surface area contributed by atoms with Crippen molar-refractivity contribution in [2.75, 3.05) is 6.54 Å². The van der Waals surface area contributed by atoms with Gasteiger partial charge in [-0.2, -0.15) is 0 Å². The van der Waals surface area contributed by atoms with Gasteiger partial charge < -0.3 is 5.32 Å². The Labute approximate surface area is 118 Å². The molecule has 1 rings (SSSR count). The van der Waals surface area contributed by atoms with Gasteiger partial charge in [0.05, 0.1) is 0 Å². The van der Waals surface area contributed by atoms with E-state index < -0.39 is 0 Å². The summed E-state index contributed by atoms with van der Waals surface area (Å²) in [5.74, 6) is 0. The van der Waals surface area contributed by atoms with Crippen molar-refractivity contribution in [3.63, 3.8) is 0 Å². The maximum Gasteiger partial charge on any atom is 0.0137 e. The molecule has 0 aliphatic carbocycles. The van der Waals surface area contributed by atoms with Gasteiger partial charge in [0.2, 0.25) is 0 Å². The molecule has 0 radical (unpaired) electrons. The van der Waals surface area contributed by atoms with Crippen molar-refractivity contribution in [2.24, 2.45) is 0 Å². The van der Waals surface area contributed by atoms with Crippen molar-refractivity contribution >= 4 is 5.57 Å². The zero-order valence-electron chi connectivity index (χ0n) is 12.7. The molecule has 0 bridgehead atoms. The number of rotatable bonds is 7.